The third-order valence-electron chi connectivity index (χ3n) is 5.43. The van der Waals surface area contributed by atoms with Gasteiger partial charge in [-0.3, -0.25) is 19.7 Å². The summed E-state index contributed by atoms with van der Waals surface area (Å²) in [6.45, 7) is 2.60. The van der Waals surface area contributed by atoms with Gasteiger partial charge in [0.2, 0.25) is 11.9 Å². The van der Waals surface area contributed by atoms with Crippen molar-refractivity contribution in [3.8, 4) is 0 Å². The van der Waals surface area contributed by atoms with Crippen molar-refractivity contribution >= 4 is 23.5 Å². The van der Waals surface area contributed by atoms with Gasteiger partial charge in [-0.2, -0.15) is 0 Å². The van der Waals surface area contributed by atoms with Crippen molar-refractivity contribution in [2.75, 3.05) is 11.4 Å². The Morgan fingerprint density at radius 2 is 1.82 bits per heavy atom. The number of hydrogen-bond acceptors (Lipinski definition) is 6. The minimum atomic E-state index is -0.372. The summed E-state index contributed by atoms with van der Waals surface area (Å²) in [7, 11) is 0. The molecule has 1 aliphatic rings. The van der Waals surface area contributed by atoms with E-state index < -0.39 is 0 Å². The molecule has 1 heterocycles. The smallest absolute Gasteiger partial charge is 0.254 e. The Labute approximate surface area is 194 Å². The summed E-state index contributed by atoms with van der Waals surface area (Å²) < 4.78 is 0. The number of carbonyl (C=O) groups is 2. The zero-order valence-electron chi connectivity index (χ0n) is 19.0. The molecule has 1 aliphatic carbocycles. The molecule has 2 aromatic rings. The van der Waals surface area contributed by atoms with Crippen LogP contribution in [0.1, 0.15) is 60.9 Å². The number of para-hydroxylation sites is 1. The normalized spacial score (nSPS) is 12.7. The quantitative estimate of drug-likeness (QED) is 0.268. The number of hydrogen-bond donors (Lipinski definition) is 3. The van der Waals surface area contributed by atoms with E-state index in [0.717, 1.165) is 49.1 Å². The molecule has 3 rings (SSSR count). The lowest BCUT2D eigenvalue weighted by Gasteiger charge is -2.26. The van der Waals surface area contributed by atoms with E-state index in [1.54, 1.807) is 17.9 Å². The molecular formula is C25H31N5O3. The number of anilines is 2. The Hall–Kier alpha value is -3.52. The molecule has 0 spiro atoms. The Bertz CT molecular complexity index is 1000. The van der Waals surface area contributed by atoms with Crippen LogP contribution in [0.15, 0.2) is 60.6 Å². The van der Waals surface area contributed by atoms with E-state index in [0.29, 0.717) is 30.9 Å². The van der Waals surface area contributed by atoms with E-state index in [1.165, 1.54) is 0 Å². The van der Waals surface area contributed by atoms with Gasteiger partial charge in [0.05, 0.1) is 11.3 Å². The minimum absolute atomic E-state index is 0.208. The summed E-state index contributed by atoms with van der Waals surface area (Å²) in [5.74, 6) is -0.0606. The number of allylic oxidation sites excluding steroid dienone is 3. The van der Waals surface area contributed by atoms with Crippen molar-refractivity contribution in [2.24, 2.45) is 0 Å². The number of carbonyl (C=O) groups excluding carboxylic acids is 2. The van der Waals surface area contributed by atoms with Gasteiger partial charge in [-0.1, -0.05) is 43.2 Å². The highest BCUT2D eigenvalue weighted by Crippen LogP contribution is 2.31. The van der Waals surface area contributed by atoms with Crippen LogP contribution in [-0.2, 0) is 4.79 Å². The van der Waals surface area contributed by atoms with Crippen LogP contribution in [0.3, 0.4) is 0 Å². The van der Waals surface area contributed by atoms with E-state index in [2.05, 4.69) is 46.5 Å². The highest BCUT2D eigenvalue weighted by Gasteiger charge is 2.19. The molecule has 0 atom stereocenters. The molecule has 33 heavy (non-hydrogen) atoms. The van der Waals surface area contributed by atoms with Gasteiger partial charge in [0, 0.05) is 31.1 Å². The number of aromatic nitrogens is 2. The molecule has 0 unspecified atom stereocenters. The number of hydroxylamine groups is 1. The lowest BCUT2D eigenvalue weighted by molar-refractivity contribution is -0.129. The lowest BCUT2D eigenvalue weighted by Crippen LogP contribution is -2.25. The van der Waals surface area contributed by atoms with Gasteiger partial charge in [0.15, 0.2) is 0 Å². The van der Waals surface area contributed by atoms with Crippen molar-refractivity contribution < 1.29 is 14.8 Å². The van der Waals surface area contributed by atoms with Gasteiger partial charge in [-0.15, -0.1) is 0 Å². The molecule has 174 valence electrons. The maximum Gasteiger partial charge on any atom is 0.254 e. The number of nitrogens with one attached hydrogen (secondary N) is 2. The third kappa shape index (κ3) is 6.98. The van der Waals surface area contributed by atoms with Gasteiger partial charge in [0.1, 0.15) is 0 Å². The first kappa shape index (κ1) is 24.1. The molecule has 8 nitrogen and oxygen atoms in total. The van der Waals surface area contributed by atoms with Crippen molar-refractivity contribution in [3.63, 3.8) is 0 Å². The number of nitrogens with zero attached hydrogens (tertiary/aromatic N) is 3. The zero-order valence-corrected chi connectivity index (χ0v) is 19.0. The monoisotopic (exact) mass is 449 g/mol. The van der Waals surface area contributed by atoms with E-state index in [9.17, 15) is 9.59 Å². The molecule has 2 amide bonds. The van der Waals surface area contributed by atoms with Crippen LogP contribution < -0.4 is 15.7 Å². The minimum Gasteiger partial charge on any atom is -0.352 e. The second kappa shape index (κ2) is 12.5. The molecule has 1 aromatic carbocycles. The molecule has 0 saturated heterocycles. The maximum absolute atomic E-state index is 12.5. The first-order chi connectivity index (χ1) is 16.1. The average molecular weight is 450 g/mol. The van der Waals surface area contributed by atoms with Gasteiger partial charge in [-0.05, 0) is 50.3 Å². The Kier molecular flexibility index (Phi) is 9.14. The van der Waals surface area contributed by atoms with Gasteiger partial charge < -0.3 is 5.32 Å². The molecule has 0 saturated carbocycles. The number of unbranched alkanes of at least 4 members (excludes halogenated alkanes) is 3. The SMILES string of the molecule is Cc1ccccc1N(C1=CCCC=C1)c1ncc(C(=O)NCCCCCCC(=O)NO)cn1. The van der Waals surface area contributed by atoms with Crippen LogP contribution in [0.2, 0.25) is 0 Å². The fourth-order valence-corrected chi connectivity index (χ4v) is 3.62. The van der Waals surface area contributed by atoms with Crippen LogP contribution in [0, 0.1) is 6.92 Å². The fourth-order valence-electron chi connectivity index (χ4n) is 3.62. The van der Waals surface area contributed by atoms with Crippen molar-refractivity contribution in [1.82, 2.24) is 20.8 Å². The molecular weight excluding hydrogens is 418 g/mol. The van der Waals surface area contributed by atoms with Crippen molar-refractivity contribution in [3.05, 3.63) is 71.7 Å². The van der Waals surface area contributed by atoms with E-state index in [-0.39, 0.29) is 11.8 Å². The highest BCUT2D eigenvalue weighted by molar-refractivity contribution is 5.93. The topological polar surface area (TPSA) is 107 Å². The zero-order chi connectivity index (χ0) is 23.5. The molecule has 0 aliphatic heterocycles. The number of amides is 2. The second-order valence-corrected chi connectivity index (χ2v) is 7.96. The van der Waals surface area contributed by atoms with Crippen molar-refractivity contribution in [2.45, 2.75) is 51.9 Å². The molecule has 0 radical (unpaired) electrons. The Morgan fingerprint density at radius 1 is 1.06 bits per heavy atom. The number of aryl methyl sites for hydroxylation is 1. The summed E-state index contributed by atoms with van der Waals surface area (Å²) in [5, 5.41) is 11.4. The van der Waals surface area contributed by atoms with Gasteiger partial charge in [-0.25, -0.2) is 15.4 Å². The largest absolute Gasteiger partial charge is 0.352 e. The molecule has 8 heteroatoms. The Morgan fingerprint density at radius 3 is 2.52 bits per heavy atom. The maximum atomic E-state index is 12.5. The summed E-state index contributed by atoms with van der Waals surface area (Å²) in [5.41, 5.74) is 5.17. The average Bonchev–Trinajstić information content (AvgIpc) is 2.85. The number of benzene rings is 1. The lowest BCUT2D eigenvalue weighted by atomic mass is 10.1. The summed E-state index contributed by atoms with van der Waals surface area (Å²) in [6.07, 6.45) is 15.1. The van der Waals surface area contributed by atoms with Crippen LogP contribution in [0.4, 0.5) is 11.6 Å². The molecule has 3 N–H and O–H groups in total. The van der Waals surface area contributed by atoms with Crippen LogP contribution >= 0.6 is 0 Å². The summed E-state index contributed by atoms with van der Waals surface area (Å²) >= 11 is 0. The third-order valence-corrected chi connectivity index (χ3v) is 5.43. The first-order valence-electron chi connectivity index (χ1n) is 11.4. The second-order valence-electron chi connectivity index (χ2n) is 7.96. The Balaban J connectivity index is 1.59. The van der Waals surface area contributed by atoms with Crippen LogP contribution in [0.5, 0.6) is 0 Å². The van der Waals surface area contributed by atoms with E-state index >= 15 is 0 Å². The number of rotatable bonds is 11. The summed E-state index contributed by atoms with van der Waals surface area (Å²) in [4.78, 5) is 34.5. The van der Waals surface area contributed by atoms with Crippen LogP contribution in [0.25, 0.3) is 0 Å². The van der Waals surface area contributed by atoms with Gasteiger partial charge >= 0.3 is 0 Å². The molecule has 0 bridgehead atoms. The fraction of sp³-hybridized carbons (Fsp3) is 0.360. The van der Waals surface area contributed by atoms with E-state index in [1.807, 2.05) is 23.1 Å². The van der Waals surface area contributed by atoms with E-state index in [4.69, 9.17) is 5.21 Å². The highest BCUT2D eigenvalue weighted by atomic mass is 16.5. The molecule has 1 aromatic heterocycles. The first-order valence-corrected chi connectivity index (χ1v) is 11.4. The standard InChI is InChI=1S/C25H31N5O3/c1-19-11-8-9-14-22(19)30(21-12-5-4-6-13-21)25-27-17-20(18-28-25)24(32)26-16-10-3-2-7-15-23(31)29-33/h5,8-9,11-14,17-18,33H,2-4,6-7,10,15-16H2,1H3,(H,26,32)(H,29,31). The van der Waals surface area contributed by atoms with Crippen molar-refractivity contribution in [1.29, 1.82) is 0 Å². The van der Waals surface area contributed by atoms with Gasteiger partial charge in [0.25, 0.3) is 5.91 Å². The predicted molar refractivity (Wildman–Crippen MR) is 127 cm³/mol. The predicted octanol–water partition coefficient (Wildman–Crippen LogP) is 4.34. The summed E-state index contributed by atoms with van der Waals surface area (Å²) in [6, 6.07) is 8.09. The molecule has 0 fully saturated rings. The van der Waals surface area contributed by atoms with Crippen LogP contribution in [-0.4, -0.2) is 33.5 Å².